The first-order chi connectivity index (χ1) is 9.53. The Kier molecular flexibility index (Phi) is 4.68. The first kappa shape index (κ1) is 14.9. The third-order valence-corrected chi connectivity index (χ3v) is 5.31. The Bertz CT molecular complexity index is 759. The van der Waals surface area contributed by atoms with Gasteiger partial charge in [0.2, 0.25) is 0 Å². The van der Waals surface area contributed by atoms with Crippen molar-refractivity contribution in [1.82, 2.24) is 0 Å². The van der Waals surface area contributed by atoms with Crippen molar-refractivity contribution in [1.29, 1.82) is 0 Å². The number of benzene rings is 1. The molecule has 0 amide bonds. The van der Waals surface area contributed by atoms with Crippen LogP contribution in [-0.4, -0.2) is 15.0 Å². The Morgan fingerprint density at radius 3 is 2.80 bits per heavy atom. The zero-order chi connectivity index (χ0) is 14.6. The first-order valence-electron chi connectivity index (χ1n) is 5.58. The van der Waals surface area contributed by atoms with Gasteiger partial charge in [-0.1, -0.05) is 29.5 Å². The highest BCUT2D eigenvalue weighted by molar-refractivity contribution is 7.94. The molecule has 2 rings (SSSR count). The van der Waals surface area contributed by atoms with E-state index in [2.05, 4.69) is 16.6 Å². The van der Waals surface area contributed by atoms with Crippen LogP contribution in [0.5, 0.6) is 0 Å². The highest BCUT2D eigenvalue weighted by atomic mass is 35.5. The topological polar surface area (TPSA) is 72.2 Å². The molecule has 0 aliphatic carbocycles. The van der Waals surface area contributed by atoms with Crippen molar-refractivity contribution in [2.45, 2.75) is 4.21 Å². The fourth-order valence-electron chi connectivity index (χ4n) is 1.47. The Morgan fingerprint density at radius 1 is 1.35 bits per heavy atom. The molecule has 0 radical (unpaired) electrons. The fraction of sp³-hybridized carbons (Fsp3) is 0.0769. The fourth-order valence-corrected chi connectivity index (χ4v) is 3.70. The largest absolute Gasteiger partial charge is 0.320 e. The summed E-state index contributed by atoms with van der Waals surface area (Å²) in [6, 6.07) is 8.02. The minimum absolute atomic E-state index is 0.194. The van der Waals surface area contributed by atoms with Gasteiger partial charge < -0.3 is 5.73 Å². The molecular formula is C13H11ClN2O2S2. The van der Waals surface area contributed by atoms with Crippen LogP contribution < -0.4 is 10.5 Å². The summed E-state index contributed by atoms with van der Waals surface area (Å²) in [7, 11) is -3.62. The third-order valence-electron chi connectivity index (χ3n) is 2.31. The molecule has 0 spiro atoms. The van der Waals surface area contributed by atoms with Crippen molar-refractivity contribution in [3.63, 3.8) is 0 Å². The Hall–Kier alpha value is -1.52. The molecule has 20 heavy (non-hydrogen) atoms. The molecule has 0 saturated heterocycles. The van der Waals surface area contributed by atoms with Gasteiger partial charge in [-0.05, 0) is 29.6 Å². The number of nitrogens with one attached hydrogen (secondary N) is 1. The minimum Gasteiger partial charge on any atom is -0.320 e. The molecule has 0 unspecified atom stereocenters. The molecule has 1 aromatic heterocycles. The molecule has 3 N–H and O–H groups in total. The molecule has 0 aliphatic heterocycles. The van der Waals surface area contributed by atoms with Crippen LogP contribution in [0, 0.1) is 11.8 Å². The standard InChI is InChI=1S/C13H11ClN2O2S2/c14-11-6-5-10(3-1-7-15)12(9-11)16-20(17,18)13-4-2-8-19-13/h2,4-6,8-9,16H,7,15H2. The number of thiophene rings is 1. The molecule has 0 bridgehead atoms. The van der Waals surface area contributed by atoms with Gasteiger partial charge in [-0.25, -0.2) is 8.42 Å². The predicted molar refractivity (Wildman–Crippen MR) is 82.5 cm³/mol. The van der Waals surface area contributed by atoms with E-state index in [-0.39, 0.29) is 10.8 Å². The summed E-state index contributed by atoms with van der Waals surface area (Å²) in [6.07, 6.45) is 0. The van der Waals surface area contributed by atoms with Crippen LogP contribution in [0.25, 0.3) is 0 Å². The van der Waals surface area contributed by atoms with Gasteiger partial charge in [0.1, 0.15) is 4.21 Å². The average molecular weight is 327 g/mol. The highest BCUT2D eigenvalue weighted by Gasteiger charge is 2.16. The summed E-state index contributed by atoms with van der Waals surface area (Å²) < 4.78 is 27.1. The number of nitrogens with two attached hydrogens (primary N) is 1. The molecule has 1 heterocycles. The molecule has 0 aliphatic rings. The van der Waals surface area contributed by atoms with Crippen LogP contribution in [0.1, 0.15) is 5.56 Å². The van der Waals surface area contributed by atoms with Gasteiger partial charge in [0, 0.05) is 10.6 Å². The molecule has 1 aromatic carbocycles. The summed E-state index contributed by atoms with van der Waals surface area (Å²) in [5, 5.41) is 2.12. The van der Waals surface area contributed by atoms with Gasteiger partial charge in [0.25, 0.3) is 10.0 Å². The van der Waals surface area contributed by atoms with E-state index in [1.54, 1.807) is 23.6 Å². The minimum atomic E-state index is -3.62. The van der Waals surface area contributed by atoms with Gasteiger partial charge in [-0.2, -0.15) is 0 Å². The van der Waals surface area contributed by atoms with Crippen LogP contribution >= 0.6 is 22.9 Å². The number of sulfonamides is 1. The Labute approximate surface area is 126 Å². The van der Waals surface area contributed by atoms with E-state index < -0.39 is 10.0 Å². The summed E-state index contributed by atoms with van der Waals surface area (Å²) >= 11 is 7.04. The zero-order valence-corrected chi connectivity index (χ0v) is 12.6. The van der Waals surface area contributed by atoms with Gasteiger partial charge in [-0.3, -0.25) is 4.72 Å². The van der Waals surface area contributed by atoms with Crippen LogP contribution in [0.2, 0.25) is 5.02 Å². The second-order valence-electron chi connectivity index (χ2n) is 3.73. The van der Waals surface area contributed by atoms with Gasteiger partial charge >= 0.3 is 0 Å². The second kappa shape index (κ2) is 6.29. The van der Waals surface area contributed by atoms with Crippen molar-refractivity contribution < 1.29 is 8.42 Å². The number of rotatable bonds is 3. The summed E-state index contributed by atoms with van der Waals surface area (Å²) in [4.78, 5) is 0. The monoisotopic (exact) mass is 326 g/mol. The van der Waals surface area contributed by atoms with Crippen LogP contribution in [0.3, 0.4) is 0 Å². The van der Waals surface area contributed by atoms with Gasteiger partial charge in [0.05, 0.1) is 12.2 Å². The van der Waals surface area contributed by atoms with Crippen molar-refractivity contribution in [3.05, 3.63) is 46.3 Å². The average Bonchev–Trinajstić information content (AvgIpc) is 2.92. The molecule has 7 heteroatoms. The summed E-state index contributed by atoms with van der Waals surface area (Å²) in [5.41, 5.74) is 6.19. The maximum atomic E-state index is 12.2. The third kappa shape index (κ3) is 3.52. The lowest BCUT2D eigenvalue weighted by molar-refractivity contribution is 0.603. The van der Waals surface area contributed by atoms with Crippen molar-refractivity contribution in [3.8, 4) is 11.8 Å². The van der Waals surface area contributed by atoms with Gasteiger partial charge in [0.15, 0.2) is 0 Å². The molecule has 4 nitrogen and oxygen atoms in total. The number of hydrogen-bond donors (Lipinski definition) is 2. The van der Waals surface area contributed by atoms with Crippen LogP contribution in [0.15, 0.2) is 39.9 Å². The number of hydrogen-bond acceptors (Lipinski definition) is 4. The van der Waals surface area contributed by atoms with Crippen LogP contribution in [-0.2, 0) is 10.0 Å². The first-order valence-corrected chi connectivity index (χ1v) is 8.32. The van der Waals surface area contributed by atoms with Crippen molar-refractivity contribution in [2.24, 2.45) is 5.73 Å². The Balaban J connectivity index is 2.40. The molecule has 2 aromatic rings. The molecule has 0 fully saturated rings. The number of anilines is 1. The molecular weight excluding hydrogens is 316 g/mol. The number of halogens is 1. The summed E-state index contributed by atoms with van der Waals surface area (Å²) in [5.74, 6) is 5.50. The molecule has 104 valence electrons. The SMILES string of the molecule is NCC#Cc1ccc(Cl)cc1NS(=O)(=O)c1cccs1. The van der Waals surface area contributed by atoms with E-state index in [1.807, 2.05) is 0 Å². The van der Waals surface area contributed by atoms with E-state index in [9.17, 15) is 8.42 Å². The predicted octanol–water partition coefficient (Wildman–Crippen LogP) is 2.51. The quantitative estimate of drug-likeness (QED) is 0.851. The zero-order valence-electron chi connectivity index (χ0n) is 10.3. The smallest absolute Gasteiger partial charge is 0.271 e. The normalized spacial score (nSPS) is 10.7. The molecule has 0 atom stereocenters. The maximum absolute atomic E-state index is 12.2. The van der Waals surface area contributed by atoms with Crippen LogP contribution in [0.4, 0.5) is 5.69 Å². The van der Waals surface area contributed by atoms with E-state index in [4.69, 9.17) is 17.3 Å². The maximum Gasteiger partial charge on any atom is 0.271 e. The van der Waals surface area contributed by atoms with E-state index >= 15 is 0 Å². The van der Waals surface area contributed by atoms with Crippen molar-refractivity contribution >= 4 is 38.6 Å². The molecule has 0 saturated carbocycles. The van der Waals surface area contributed by atoms with E-state index in [0.717, 1.165) is 11.3 Å². The lowest BCUT2D eigenvalue weighted by Gasteiger charge is -2.09. The second-order valence-corrected chi connectivity index (χ2v) is 7.03. The lowest BCUT2D eigenvalue weighted by Crippen LogP contribution is -2.12. The summed E-state index contributed by atoms with van der Waals surface area (Å²) in [6.45, 7) is 0.194. The van der Waals surface area contributed by atoms with Crippen molar-refractivity contribution in [2.75, 3.05) is 11.3 Å². The van der Waals surface area contributed by atoms with E-state index in [1.165, 1.54) is 12.1 Å². The lowest BCUT2D eigenvalue weighted by atomic mass is 10.2. The van der Waals surface area contributed by atoms with E-state index in [0.29, 0.717) is 16.3 Å². The Morgan fingerprint density at radius 2 is 2.15 bits per heavy atom. The van der Waals surface area contributed by atoms with Gasteiger partial charge in [-0.15, -0.1) is 11.3 Å². The highest BCUT2D eigenvalue weighted by Crippen LogP contribution is 2.25.